The van der Waals surface area contributed by atoms with Gasteiger partial charge in [-0.15, -0.1) is 0 Å². The first kappa shape index (κ1) is 32.6. The molecule has 4 rings (SSSR count). The van der Waals surface area contributed by atoms with E-state index < -0.39 is 40.0 Å². The first-order valence-electron chi connectivity index (χ1n) is 14.4. The topological polar surface area (TPSA) is 145 Å². The maximum atomic E-state index is 13.3. The van der Waals surface area contributed by atoms with E-state index in [2.05, 4.69) is 34.0 Å². The second-order valence-corrected chi connectivity index (χ2v) is 13.9. The van der Waals surface area contributed by atoms with Gasteiger partial charge in [0.25, 0.3) is 5.91 Å². The van der Waals surface area contributed by atoms with Gasteiger partial charge in [0.05, 0.1) is 39.6 Å². The van der Waals surface area contributed by atoms with Gasteiger partial charge in [0.1, 0.15) is 12.6 Å². The van der Waals surface area contributed by atoms with Crippen LogP contribution in [0, 0.1) is 17.8 Å². The number of alkyl halides is 3. The molecule has 43 heavy (non-hydrogen) atoms. The Hall–Kier alpha value is -3.26. The summed E-state index contributed by atoms with van der Waals surface area (Å²) in [6.07, 6.45) is -1.18. The van der Waals surface area contributed by atoms with Gasteiger partial charge in [-0.3, -0.25) is 19.7 Å². The zero-order valence-electron chi connectivity index (χ0n) is 24.4. The Morgan fingerprint density at radius 1 is 1.14 bits per heavy atom. The van der Waals surface area contributed by atoms with Crippen molar-refractivity contribution in [2.24, 2.45) is 23.5 Å². The maximum Gasteiger partial charge on any atom is 0.404 e. The molecule has 3 N–H and O–H groups in total. The molecule has 236 valence electrons. The summed E-state index contributed by atoms with van der Waals surface area (Å²) in [6.45, 7) is 6.52. The number of hydrogen-bond donors (Lipinski definition) is 2. The summed E-state index contributed by atoms with van der Waals surface area (Å²) in [5, 5.41) is 2.77. The normalized spacial score (nSPS) is 21.8. The van der Waals surface area contributed by atoms with Crippen LogP contribution in [0.3, 0.4) is 0 Å². The third kappa shape index (κ3) is 7.83. The number of nitrogens with two attached hydrogens (primary N) is 1. The van der Waals surface area contributed by atoms with Gasteiger partial charge >= 0.3 is 12.3 Å². The van der Waals surface area contributed by atoms with Crippen LogP contribution in [0.5, 0.6) is 0 Å². The molecule has 0 bridgehead atoms. The van der Waals surface area contributed by atoms with E-state index in [0.29, 0.717) is 25.9 Å². The number of nitrogens with zero attached hydrogens (tertiary/aromatic N) is 3. The average molecular weight is 626 g/mol. The fourth-order valence-corrected chi connectivity index (χ4v) is 6.83. The second-order valence-electron chi connectivity index (χ2n) is 11.6. The summed E-state index contributed by atoms with van der Waals surface area (Å²) in [4.78, 5) is 35.7. The molecular weight excluding hydrogens is 587 g/mol. The van der Waals surface area contributed by atoms with Gasteiger partial charge in [0, 0.05) is 25.5 Å². The van der Waals surface area contributed by atoms with Crippen molar-refractivity contribution in [1.29, 1.82) is 0 Å². The first-order valence-corrected chi connectivity index (χ1v) is 16.1. The molecule has 1 aliphatic heterocycles. The maximum absolute atomic E-state index is 13.3. The van der Waals surface area contributed by atoms with Crippen LogP contribution in [0.4, 0.5) is 18.0 Å². The van der Waals surface area contributed by atoms with Gasteiger partial charge in [-0.05, 0) is 61.3 Å². The highest BCUT2D eigenvalue weighted by Crippen LogP contribution is 2.43. The second kappa shape index (κ2) is 13.2. The Morgan fingerprint density at radius 3 is 2.40 bits per heavy atom. The minimum atomic E-state index is -4.14. The van der Waals surface area contributed by atoms with E-state index in [-0.39, 0.29) is 59.2 Å². The first-order chi connectivity index (χ1) is 20.2. The van der Waals surface area contributed by atoms with E-state index in [9.17, 15) is 31.2 Å². The highest BCUT2D eigenvalue weighted by molar-refractivity contribution is 7.91. The molecule has 10 nitrogen and oxygen atoms in total. The molecule has 1 fully saturated rings. The number of sulfone groups is 1. The molecule has 0 saturated heterocycles. The van der Waals surface area contributed by atoms with Gasteiger partial charge in [0.2, 0.25) is 0 Å². The van der Waals surface area contributed by atoms with Crippen LogP contribution in [0.25, 0.3) is 0 Å². The van der Waals surface area contributed by atoms with Gasteiger partial charge in [-0.2, -0.15) is 13.2 Å². The number of aromatic nitrogens is 2. The molecular formula is C29H38F3N5O5S. The number of pyridine rings is 2. The lowest BCUT2D eigenvalue weighted by atomic mass is 9.81. The molecule has 1 saturated carbocycles. The Balaban J connectivity index is 1.48. The SMILES string of the molecule is CCS(=O)(=O)c1ccc([C@H](COC(N)=O)NC(=O)c2cnc3c(c2)CN(CC2CCC(C(F)(F)F)CC2)C3C(C)C)nc1. The molecule has 14 heteroatoms. The van der Waals surface area contributed by atoms with Crippen molar-refractivity contribution in [3.63, 3.8) is 0 Å². The lowest BCUT2D eigenvalue weighted by molar-refractivity contribution is -0.184. The van der Waals surface area contributed by atoms with Gasteiger partial charge < -0.3 is 15.8 Å². The number of carbonyl (C=O) groups is 2. The fraction of sp³-hybridized carbons (Fsp3) is 0.586. The Bertz CT molecular complexity index is 1410. The quantitative estimate of drug-likeness (QED) is 0.386. The van der Waals surface area contributed by atoms with E-state index in [4.69, 9.17) is 10.5 Å². The molecule has 2 aromatic rings. The third-order valence-electron chi connectivity index (χ3n) is 8.30. The lowest BCUT2D eigenvalue weighted by Crippen LogP contribution is -2.35. The molecule has 0 radical (unpaired) electrons. The summed E-state index contributed by atoms with van der Waals surface area (Å²) in [6, 6.07) is 3.62. The van der Waals surface area contributed by atoms with Crippen molar-refractivity contribution >= 4 is 21.8 Å². The smallest absolute Gasteiger partial charge is 0.404 e. The highest BCUT2D eigenvalue weighted by atomic mass is 32.2. The van der Waals surface area contributed by atoms with E-state index in [0.717, 1.165) is 11.3 Å². The predicted molar refractivity (Wildman–Crippen MR) is 151 cm³/mol. The molecule has 2 amide bonds. The zero-order valence-corrected chi connectivity index (χ0v) is 25.2. The molecule has 0 aromatic carbocycles. The van der Waals surface area contributed by atoms with Crippen LogP contribution in [0.15, 0.2) is 35.5 Å². The van der Waals surface area contributed by atoms with Crippen LogP contribution in [0.2, 0.25) is 0 Å². The van der Waals surface area contributed by atoms with E-state index in [1.165, 1.54) is 31.5 Å². The number of nitrogens with one attached hydrogen (secondary N) is 1. The van der Waals surface area contributed by atoms with E-state index >= 15 is 0 Å². The zero-order chi connectivity index (χ0) is 31.5. The largest absolute Gasteiger partial charge is 0.447 e. The third-order valence-corrected chi connectivity index (χ3v) is 10.0. The minimum Gasteiger partial charge on any atom is -0.447 e. The molecule has 0 spiro atoms. The molecule has 2 aliphatic rings. The number of primary amides is 1. The van der Waals surface area contributed by atoms with Crippen LogP contribution >= 0.6 is 0 Å². The van der Waals surface area contributed by atoms with Crippen molar-refractivity contribution in [3.05, 3.63) is 53.1 Å². The monoisotopic (exact) mass is 625 g/mol. The summed E-state index contributed by atoms with van der Waals surface area (Å²) < 4.78 is 68.7. The van der Waals surface area contributed by atoms with Gasteiger partial charge in [-0.25, -0.2) is 13.2 Å². The van der Waals surface area contributed by atoms with Crippen LogP contribution in [-0.2, 0) is 21.1 Å². The fourth-order valence-electron chi connectivity index (χ4n) is 6.00. The highest BCUT2D eigenvalue weighted by Gasteiger charge is 2.42. The lowest BCUT2D eigenvalue weighted by Gasteiger charge is -2.35. The molecule has 1 unspecified atom stereocenters. The van der Waals surface area contributed by atoms with Crippen LogP contribution in [-0.4, -0.2) is 60.4 Å². The summed E-state index contributed by atoms with van der Waals surface area (Å²) in [5.41, 5.74) is 7.38. The molecule has 1 aliphatic carbocycles. The number of halogens is 3. The van der Waals surface area contributed by atoms with Crippen molar-refractivity contribution in [1.82, 2.24) is 20.2 Å². The average Bonchev–Trinajstić information content (AvgIpc) is 3.32. The Kier molecular flexibility index (Phi) is 10.00. The number of amides is 2. The van der Waals surface area contributed by atoms with Crippen molar-refractivity contribution in [2.45, 2.75) is 76.2 Å². The molecule has 2 aromatic heterocycles. The van der Waals surface area contributed by atoms with Crippen LogP contribution < -0.4 is 11.1 Å². The Morgan fingerprint density at radius 2 is 1.84 bits per heavy atom. The number of carbonyl (C=O) groups excluding carboxylic acids is 2. The number of fused-ring (bicyclic) bond motifs is 1. The Labute approximate surface area is 249 Å². The van der Waals surface area contributed by atoms with Gasteiger partial charge in [-0.1, -0.05) is 20.8 Å². The standard InChI is InChI=1S/C29H38F3N5O5S/c1-4-43(40,41)22-9-10-23(34-13-22)24(16-42-28(33)39)36-27(38)19-11-20-15-37(26(17(2)3)25(20)35-12-19)14-18-5-7-21(8-6-18)29(30,31)32/h9-13,17-18,21,24,26H,4-8,14-16H2,1-3H3,(H2,33,39)(H,36,38)/t18?,21?,24-,26?/m0/s1. The molecule has 3 heterocycles. The predicted octanol–water partition coefficient (Wildman–Crippen LogP) is 4.72. The molecule has 2 atom stereocenters. The van der Waals surface area contributed by atoms with Crippen molar-refractivity contribution in [3.8, 4) is 0 Å². The van der Waals surface area contributed by atoms with Crippen molar-refractivity contribution < 1.29 is 35.9 Å². The number of rotatable bonds is 10. The van der Waals surface area contributed by atoms with Crippen molar-refractivity contribution in [2.75, 3.05) is 18.9 Å². The summed E-state index contributed by atoms with van der Waals surface area (Å²) in [7, 11) is -3.48. The minimum absolute atomic E-state index is 0.0220. The van der Waals surface area contributed by atoms with Gasteiger partial charge in [0.15, 0.2) is 9.84 Å². The summed E-state index contributed by atoms with van der Waals surface area (Å²) >= 11 is 0. The van der Waals surface area contributed by atoms with E-state index in [1.54, 1.807) is 6.07 Å². The van der Waals surface area contributed by atoms with E-state index in [1.807, 2.05) is 0 Å². The number of hydrogen-bond acceptors (Lipinski definition) is 8. The number of ether oxygens (including phenoxy) is 1. The summed E-state index contributed by atoms with van der Waals surface area (Å²) in [5.74, 6) is -1.48. The van der Waals surface area contributed by atoms with Crippen LogP contribution in [0.1, 0.15) is 85.8 Å².